The Kier molecular flexibility index (Phi) is 5.26. The minimum Gasteiger partial charge on any atom is -0.493 e. The topological polar surface area (TPSA) is 78.9 Å². The number of rotatable bonds is 4. The first-order chi connectivity index (χ1) is 15.9. The molecule has 0 unspecified atom stereocenters. The predicted octanol–water partition coefficient (Wildman–Crippen LogP) is 6.50. The molecular formula is C26H17BrO6. The number of furan rings is 1. The molecule has 0 amide bonds. The fraction of sp³-hybridized carbons (Fsp3) is 0.0769. The number of ether oxygens (including phenoxy) is 2. The van der Waals surface area contributed by atoms with Gasteiger partial charge >= 0.3 is 11.6 Å². The van der Waals surface area contributed by atoms with Crippen LogP contribution in [0.5, 0.6) is 11.5 Å². The van der Waals surface area contributed by atoms with Gasteiger partial charge < -0.3 is 18.3 Å². The zero-order chi connectivity index (χ0) is 23.1. The molecule has 0 fully saturated rings. The summed E-state index contributed by atoms with van der Waals surface area (Å²) in [4.78, 5) is 25.1. The minimum absolute atomic E-state index is 0.354. The summed E-state index contributed by atoms with van der Waals surface area (Å²) in [6.45, 7) is 1.78. The van der Waals surface area contributed by atoms with E-state index in [-0.39, 0.29) is 0 Å². The second-order valence-electron chi connectivity index (χ2n) is 7.45. The van der Waals surface area contributed by atoms with E-state index >= 15 is 0 Å². The third-order valence-electron chi connectivity index (χ3n) is 5.33. The molecule has 33 heavy (non-hydrogen) atoms. The van der Waals surface area contributed by atoms with Gasteiger partial charge in [-0.15, -0.1) is 0 Å². The molecule has 2 aromatic heterocycles. The van der Waals surface area contributed by atoms with Crippen LogP contribution in [0.25, 0.3) is 33.3 Å². The Morgan fingerprint density at radius 3 is 2.55 bits per heavy atom. The van der Waals surface area contributed by atoms with Gasteiger partial charge in [0.25, 0.3) is 0 Å². The normalized spacial score (nSPS) is 11.1. The van der Waals surface area contributed by atoms with Gasteiger partial charge in [-0.3, -0.25) is 0 Å². The van der Waals surface area contributed by atoms with Crippen LogP contribution < -0.4 is 15.1 Å². The largest absolute Gasteiger partial charge is 0.493 e. The number of halogens is 1. The van der Waals surface area contributed by atoms with E-state index < -0.39 is 11.6 Å². The molecule has 2 heterocycles. The van der Waals surface area contributed by atoms with Crippen LogP contribution in [0.1, 0.15) is 15.9 Å². The van der Waals surface area contributed by atoms with E-state index in [2.05, 4.69) is 15.9 Å². The molecule has 0 aliphatic carbocycles. The highest BCUT2D eigenvalue weighted by Crippen LogP contribution is 2.37. The maximum absolute atomic E-state index is 12.8. The van der Waals surface area contributed by atoms with Gasteiger partial charge in [0.05, 0.1) is 12.7 Å². The number of carbonyl (C=O) groups is 1. The predicted molar refractivity (Wildman–Crippen MR) is 128 cm³/mol. The first kappa shape index (κ1) is 21.0. The Balaban J connectivity index is 1.65. The fourth-order valence-electron chi connectivity index (χ4n) is 3.72. The van der Waals surface area contributed by atoms with E-state index in [4.69, 9.17) is 18.3 Å². The summed E-state index contributed by atoms with van der Waals surface area (Å²) < 4.78 is 23.2. The Morgan fingerprint density at radius 1 is 0.939 bits per heavy atom. The summed E-state index contributed by atoms with van der Waals surface area (Å²) in [5.74, 6) is 0.911. The highest BCUT2D eigenvalue weighted by molar-refractivity contribution is 9.10. The number of esters is 1. The van der Waals surface area contributed by atoms with Gasteiger partial charge in [0.1, 0.15) is 17.1 Å². The van der Waals surface area contributed by atoms with Crippen molar-refractivity contribution in [2.24, 2.45) is 0 Å². The molecule has 7 heteroatoms. The number of fused-ring (bicyclic) bond motifs is 2. The maximum atomic E-state index is 12.8. The fourth-order valence-corrected chi connectivity index (χ4v) is 4.16. The molecule has 0 N–H and O–H groups in total. The van der Waals surface area contributed by atoms with Gasteiger partial charge in [0, 0.05) is 26.9 Å². The summed E-state index contributed by atoms with van der Waals surface area (Å²) in [7, 11) is 1.57. The van der Waals surface area contributed by atoms with Crippen molar-refractivity contribution < 1.29 is 23.1 Å². The zero-order valence-corrected chi connectivity index (χ0v) is 19.3. The first-order valence-electron chi connectivity index (χ1n) is 10.1. The van der Waals surface area contributed by atoms with Gasteiger partial charge in [0.15, 0.2) is 11.3 Å². The lowest BCUT2D eigenvalue weighted by atomic mass is 10.0. The summed E-state index contributed by atoms with van der Waals surface area (Å²) in [5, 5.41) is 1.41. The number of para-hydroxylation sites is 1. The average Bonchev–Trinajstić information content (AvgIpc) is 3.24. The van der Waals surface area contributed by atoms with Crippen LogP contribution in [0.2, 0.25) is 0 Å². The Bertz CT molecular complexity index is 1590. The van der Waals surface area contributed by atoms with E-state index in [1.165, 1.54) is 6.07 Å². The molecule has 0 radical (unpaired) electrons. The maximum Gasteiger partial charge on any atom is 0.344 e. The van der Waals surface area contributed by atoms with Crippen LogP contribution in [-0.2, 0) is 0 Å². The smallest absolute Gasteiger partial charge is 0.344 e. The van der Waals surface area contributed by atoms with E-state index in [1.807, 2.05) is 24.3 Å². The van der Waals surface area contributed by atoms with Crippen molar-refractivity contribution in [2.75, 3.05) is 7.11 Å². The van der Waals surface area contributed by atoms with Crippen molar-refractivity contribution in [2.45, 2.75) is 6.92 Å². The molecule has 0 bridgehead atoms. The third kappa shape index (κ3) is 3.81. The molecule has 0 saturated carbocycles. The molecule has 3 aromatic carbocycles. The Labute approximate surface area is 196 Å². The first-order valence-corrected chi connectivity index (χ1v) is 10.9. The average molecular weight is 505 g/mol. The summed E-state index contributed by atoms with van der Waals surface area (Å²) >= 11 is 3.37. The van der Waals surface area contributed by atoms with Crippen LogP contribution in [0, 0.1) is 6.92 Å². The van der Waals surface area contributed by atoms with Crippen molar-refractivity contribution in [1.82, 2.24) is 0 Å². The number of benzene rings is 3. The molecule has 0 spiro atoms. The number of carbonyl (C=O) groups excluding carboxylic acids is 1. The van der Waals surface area contributed by atoms with Gasteiger partial charge in [-0.05, 0) is 64.8 Å². The highest BCUT2D eigenvalue weighted by atomic mass is 79.9. The van der Waals surface area contributed by atoms with Crippen LogP contribution in [0.4, 0.5) is 0 Å². The van der Waals surface area contributed by atoms with E-state index in [0.717, 1.165) is 5.39 Å². The molecule has 0 aliphatic heterocycles. The molecule has 164 valence electrons. The molecular weight excluding hydrogens is 488 g/mol. The second-order valence-corrected chi connectivity index (χ2v) is 8.31. The molecule has 0 atom stereocenters. The number of methoxy groups -OCH3 is 1. The zero-order valence-electron chi connectivity index (χ0n) is 17.7. The van der Waals surface area contributed by atoms with E-state index in [1.54, 1.807) is 50.4 Å². The van der Waals surface area contributed by atoms with Crippen molar-refractivity contribution in [3.63, 3.8) is 0 Å². The van der Waals surface area contributed by atoms with Crippen LogP contribution >= 0.6 is 15.9 Å². The van der Waals surface area contributed by atoms with Crippen LogP contribution in [0.3, 0.4) is 0 Å². The molecule has 5 aromatic rings. The minimum atomic E-state index is -0.512. The van der Waals surface area contributed by atoms with Gasteiger partial charge in [-0.25, -0.2) is 9.59 Å². The molecule has 5 rings (SSSR count). The number of aryl methyl sites for hydroxylation is 1. The summed E-state index contributed by atoms with van der Waals surface area (Å²) in [6.07, 6.45) is 0. The van der Waals surface area contributed by atoms with Gasteiger partial charge in [-0.1, -0.05) is 24.3 Å². The Hall–Kier alpha value is -3.84. The van der Waals surface area contributed by atoms with Crippen LogP contribution in [-0.4, -0.2) is 13.1 Å². The molecule has 0 aliphatic rings. The summed E-state index contributed by atoms with van der Waals surface area (Å²) in [5.41, 5.74) is 2.00. The number of hydrogen-bond acceptors (Lipinski definition) is 6. The lowest BCUT2D eigenvalue weighted by molar-refractivity contribution is 0.0732. The van der Waals surface area contributed by atoms with Crippen LogP contribution in [0.15, 0.2) is 84.8 Å². The number of hydrogen-bond donors (Lipinski definition) is 0. The van der Waals surface area contributed by atoms with Crippen molar-refractivity contribution in [1.29, 1.82) is 0 Å². The van der Waals surface area contributed by atoms with E-state index in [0.29, 0.717) is 55.0 Å². The molecule has 6 nitrogen and oxygen atoms in total. The SMILES string of the molecule is COc1cccc2cc(-c3cc(=O)oc4cc(C)c(OC(=O)c5ccccc5Br)cc34)oc12. The Morgan fingerprint density at radius 2 is 1.76 bits per heavy atom. The monoisotopic (exact) mass is 504 g/mol. The van der Waals surface area contributed by atoms with Crippen molar-refractivity contribution in [3.8, 4) is 22.8 Å². The lowest BCUT2D eigenvalue weighted by Crippen LogP contribution is -2.10. The van der Waals surface area contributed by atoms with Crippen molar-refractivity contribution in [3.05, 3.63) is 92.7 Å². The quantitative estimate of drug-likeness (QED) is 0.158. The second kappa shape index (κ2) is 8.26. The third-order valence-corrected chi connectivity index (χ3v) is 6.02. The van der Waals surface area contributed by atoms with Crippen molar-refractivity contribution >= 4 is 43.8 Å². The van der Waals surface area contributed by atoms with Gasteiger partial charge in [-0.2, -0.15) is 0 Å². The van der Waals surface area contributed by atoms with E-state index in [9.17, 15) is 9.59 Å². The standard InChI is InChI=1S/C26H17BrO6/c1-14-10-22-17(12-21(14)33-26(29)16-7-3-4-8-19(16)27)18(13-24(28)31-22)23-11-15-6-5-9-20(30-2)25(15)32-23/h3-13H,1-2H3. The summed E-state index contributed by atoms with van der Waals surface area (Å²) in [6, 6.07) is 19.1. The van der Waals surface area contributed by atoms with Gasteiger partial charge in [0.2, 0.25) is 0 Å². The lowest BCUT2D eigenvalue weighted by Gasteiger charge is -2.11. The molecule has 0 saturated heterocycles. The highest BCUT2D eigenvalue weighted by Gasteiger charge is 2.18.